The molecule has 0 spiro atoms. The molecule has 100 valence electrons. The van der Waals surface area contributed by atoms with Gasteiger partial charge in [0.1, 0.15) is 5.82 Å². The number of nitrogens with zero attached hydrogens (tertiary/aromatic N) is 1. The number of aliphatic hydroxyl groups is 1. The molecule has 0 saturated heterocycles. The first-order valence-electron chi connectivity index (χ1n) is 6.06. The van der Waals surface area contributed by atoms with Crippen molar-refractivity contribution >= 4 is 11.8 Å². The molecule has 1 aromatic carbocycles. The first-order valence-corrected chi connectivity index (χ1v) is 6.06. The normalized spacial score (nSPS) is 12.8. The van der Waals surface area contributed by atoms with Gasteiger partial charge in [0, 0.05) is 19.6 Å². The summed E-state index contributed by atoms with van der Waals surface area (Å²) in [6.45, 7) is 0.417. The fourth-order valence-corrected chi connectivity index (χ4v) is 2.03. The Morgan fingerprint density at radius 2 is 2.26 bits per heavy atom. The number of hydrogen-bond donors (Lipinski definition) is 2. The van der Waals surface area contributed by atoms with Crippen molar-refractivity contribution in [3.63, 3.8) is 0 Å². The van der Waals surface area contributed by atoms with Gasteiger partial charge in [0.25, 0.3) is 0 Å². The summed E-state index contributed by atoms with van der Waals surface area (Å²) in [4.78, 5) is 12.1. The molecule has 0 atom stereocenters. The molecule has 4 nitrogen and oxygen atoms in total. The Hall–Kier alpha value is -2.06. The van der Waals surface area contributed by atoms with E-state index in [2.05, 4.69) is 11.8 Å². The van der Waals surface area contributed by atoms with Gasteiger partial charge < -0.3 is 10.2 Å². The summed E-state index contributed by atoms with van der Waals surface area (Å²) in [5, 5.41) is 17.6. The maximum atomic E-state index is 13.8. The van der Waals surface area contributed by atoms with Gasteiger partial charge in [-0.15, -0.1) is 0 Å². The average Bonchev–Trinajstić information content (AvgIpc) is 2.77. The van der Waals surface area contributed by atoms with Crippen LogP contribution in [-0.2, 0) is 6.42 Å². The van der Waals surface area contributed by atoms with Crippen LogP contribution in [0.5, 0.6) is 0 Å². The quantitative estimate of drug-likeness (QED) is 0.633. The number of halogens is 1. The van der Waals surface area contributed by atoms with E-state index in [-0.39, 0.29) is 12.2 Å². The number of fused-ring (bicyclic) bond motifs is 1. The summed E-state index contributed by atoms with van der Waals surface area (Å²) in [6, 6.07) is 2.84. The van der Waals surface area contributed by atoms with E-state index in [1.807, 2.05) is 0 Å². The molecule has 0 unspecified atom stereocenters. The van der Waals surface area contributed by atoms with E-state index in [9.17, 15) is 9.18 Å². The van der Waals surface area contributed by atoms with Crippen molar-refractivity contribution in [3.05, 3.63) is 29.1 Å². The fourth-order valence-electron chi connectivity index (χ4n) is 2.03. The zero-order chi connectivity index (χ0) is 13.8. The number of hydrogen-bond acceptors (Lipinski definition) is 2. The Bertz CT molecular complexity index is 560. The Kier molecular flexibility index (Phi) is 4.03. The number of unbranched alkanes of at least 4 members (excludes halogenated alkanes) is 1. The molecule has 0 bridgehead atoms. The number of carboxylic acid groups (broad SMARTS) is 1. The summed E-state index contributed by atoms with van der Waals surface area (Å²) in [7, 11) is 0. The smallest absolute Gasteiger partial charge is 0.411 e. The van der Waals surface area contributed by atoms with Crippen molar-refractivity contribution < 1.29 is 19.4 Å². The molecule has 0 aliphatic carbocycles. The molecule has 0 radical (unpaired) electrons. The van der Waals surface area contributed by atoms with Gasteiger partial charge in [-0.3, -0.25) is 4.90 Å². The van der Waals surface area contributed by atoms with E-state index in [1.54, 1.807) is 6.07 Å². The molecular formula is C14H14FNO3. The number of carbonyl (C=O) groups is 1. The predicted molar refractivity (Wildman–Crippen MR) is 68.7 cm³/mol. The molecule has 2 N–H and O–H groups in total. The van der Waals surface area contributed by atoms with Gasteiger partial charge in [-0.05, 0) is 30.5 Å². The maximum Gasteiger partial charge on any atom is 0.411 e. The Labute approximate surface area is 110 Å². The van der Waals surface area contributed by atoms with Crippen LogP contribution in [0.3, 0.4) is 0 Å². The van der Waals surface area contributed by atoms with Gasteiger partial charge in [-0.25, -0.2) is 9.18 Å². The first-order chi connectivity index (χ1) is 9.13. The van der Waals surface area contributed by atoms with Gasteiger partial charge in [0.15, 0.2) is 0 Å². The second-order valence-electron chi connectivity index (χ2n) is 4.27. The minimum atomic E-state index is -1.07. The molecule has 0 aromatic heterocycles. The van der Waals surface area contributed by atoms with Crippen LogP contribution >= 0.6 is 0 Å². The second-order valence-corrected chi connectivity index (χ2v) is 4.27. The first kappa shape index (κ1) is 13.4. The molecule has 1 amide bonds. The Balaban J connectivity index is 2.25. The summed E-state index contributed by atoms with van der Waals surface area (Å²) in [5.41, 5.74) is 1.49. The van der Waals surface area contributed by atoms with Crippen LogP contribution in [0.2, 0.25) is 0 Å². The summed E-state index contributed by atoms with van der Waals surface area (Å²) in [6.07, 6.45) is 0.577. The van der Waals surface area contributed by atoms with Crippen molar-refractivity contribution in [2.24, 2.45) is 0 Å². The number of rotatable bonds is 2. The van der Waals surface area contributed by atoms with Crippen LogP contribution in [0.4, 0.5) is 14.9 Å². The number of anilines is 1. The molecule has 1 aliphatic heterocycles. The van der Waals surface area contributed by atoms with Crippen molar-refractivity contribution in [1.82, 2.24) is 0 Å². The van der Waals surface area contributed by atoms with E-state index in [0.29, 0.717) is 31.5 Å². The highest BCUT2D eigenvalue weighted by Gasteiger charge is 2.25. The van der Waals surface area contributed by atoms with Crippen molar-refractivity contribution in [2.45, 2.75) is 19.3 Å². The van der Waals surface area contributed by atoms with Crippen LogP contribution in [-0.4, -0.2) is 29.5 Å². The highest BCUT2D eigenvalue weighted by Crippen LogP contribution is 2.30. The predicted octanol–water partition coefficient (Wildman–Crippen LogP) is 1.99. The van der Waals surface area contributed by atoms with Crippen LogP contribution in [0.15, 0.2) is 12.1 Å². The Morgan fingerprint density at radius 1 is 1.47 bits per heavy atom. The topological polar surface area (TPSA) is 60.8 Å². The van der Waals surface area contributed by atoms with Crippen molar-refractivity contribution in [3.8, 4) is 11.8 Å². The van der Waals surface area contributed by atoms with Gasteiger partial charge >= 0.3 is 6.09 Å². The number of benzene rings is 1. The van der Waals surface area contributed by atoms with E-state index in [4.69, 9.17) is 10.2 Å². The lowest BCUT2D eigenvalue weighted by Gasteiger charge is -2.12. The lowest BCUT2D eigenvalue weighted by atomic mass is 10.1. The third-order valence-corrected chi connectivity index (χ3v) is 2.98. The molecule has 1 heterocycles. The summed E-state index contributed by atoms with van der Waals surface area (Å²) in [5.74, 6) is 5.00. The monoisotopic (exact) mass is 263 g/mol. The van der Waals surface area contributed by atoms with Crippen LogP contribution < -0.4 is 4.90 Å². The summed E-state index contributed by atoms with van der Waals surface area (Å²) < 4.78 is 13.8. The number of aliphatic hydroxyl groups excluding tert-OH is 1. The fraction of sp³-hybridized carbons (Fsp3) is 0.357. The maximum absolute atomic E-state index is 13.8. The molecule has 5 heteroatoms. The molecule has 1 aliphatic rings. The summed E-state index contributed by atoms with van der Waals surface area (Å²) >= 11 is 0. The molecule has 1 aromatic rings. The third-order valence-electron chi connectivity index (χ3n) is 2.98. The largest absolute Gasteiger partial charge is 0.465 e. The van der Waals surface area contributed by atoms with Crippen LogP contribution in [0, 0.1) is 17.7 Å². The second kappa shape index (κ2) is 5.72. The van der Waals surface area contributed by atoms with Gasteiger partial charge in [0.2, 0.25) is 0 Å². The lowest BCUT2D eigenvalue weighted by molar-refractivity contribution is 0.202. The van der Waals surface area contributed by atoms with Crippen molar-refractivity contribution in [2.75, 3.05) is 18.1 Å². The van der Waals surface area contributed by atoms with E-state index in [0.717, 1.165) is 10.5 Å². The zero-order valence-corrected chi connectivity index (χ0v) is 10.3. The van der Waals surface area contributed by atoms with E-state index in [1.165, 1.54) is 6.07 Å². The van der Waals surface area contributed by atoms with Gasteiger partial charge in [0.05, 0.1) is 11.3 Å². The molecule has 19 heavy (non-hydrogen) atoms. The van der Waals surface area contributed by atoms with E-state index >= 15 is 0 Å². The third kappa shape index (κ3) is 2.85. The minimum absolute atomic E-state index is 0.0644. The Morgan fingerprint density at radius 3 is 2.95 bits per heavy atom. The van der Waals surface area contributed by atoms with E-state index < -0.39 is 11.9 Å². The minimum Gasteiger partial charge on any atom is -0.465 e. The molecule has 2 rings (SSSR count). The standard InChI is InChI=1S/C14H14FNO3/c15-12-9-13-11(5-6-16(13)14(18)19)8-10(12)4-2-1-3-7-17/h8-9,17H,1,3,5-7H2,(H,18,19). The van der Waals surface area contributed by atoms with Crippen molar-refractivity contribution in [1.29, 1.82) is 0 Å². The SMILES string of the molecule is O=C(O)N1CCc2cc(C#CCCCO)c(F)cc21. The highest BCUT2D eigenvalue weighted by molar-refractivity contribution is 5.89. The zero-order valence-electron chi connectivity index (χ0n) is 10.3. The highest BCUT2D eigenvalue weighted by atomic mass is 19.1. The molecular weight excluding hydrogens is 249 g/mol. The average molecular weight is 263 g/mol. The van der Waals surface area contributed by atoms with Crippen LogP contribution in [0.1, 0.15) is 24.0 Å². The lowest BCUT2D eigenvalue weighted by Crippen LogP contribution is -2.26. The molecule has 0 fully saturated rings. The van der Waals surface area contributed by atoms with Gasteiger partial charge in [-0.1, -0.05) is 11.8 Å². The molecule has 0 saturated carbocycles. The van der Waals surface area contributed by atoms with Gasteiger partial charge in [-0.2, -0.15) is 0 Å². The van der Waals surface area contributed by atoms with Crippen LogP contribution in [0.25, 0.3) is 0 Å². The number of amides is 1.